The second kappa shape index (κ2) is 5.78. The molecular weight excluding hydrogens is 247 g/mol. The Hall–Kier alpha value is 0.0300. The smallest absolute Gasteiger partial charge is 0.362 e. The topological polar surface area (TPSA) is 74.2 Å². The predicted molar refractivity (Wildman–Crippen MR) is 61.8 cm³/mol. The molecule has 0 spiro atoms. The van der Waals surface area contributed by atoms with Gasteiger partial charge in [-0.25, -0.2) is 0 Å². The van der Waals surface area contributed by atoms with Crippen molar-refractivity contribution in [3.63, 3.8) is 0 Å². The quantitative estimate of drug-likeness (QED) is 0.739. The van der Waals surface area contributed by atoms with Crippen molar-refractivity contribution in [1.82, 2.24) is 0 Å². The van der Waals surface area contributed by atoms with Crippen LogP contribution in [0.3, 0.4) is 0 Å². The zero-order chi connectivity index (χ0) is 13.1. The Morgan fingerprint density at radius 1 is 1.24 bits per heavy atom. The molecule has 0 aromatic rings. The first-order chi connectivity index (χ1) is 7.88. The molecule has 0 unspecified atom stereocenters. The minimum atomic E-state index is -3.43. The van der Waals surface area contributed by atoms with E-state index in [0.717, 1.165) is 0 Å². The molecule has 1 heterocycles. The third-order valence-corrected chi connectivity index (χ3v) is 4.56. The van der Waals surface area contributed by atoms with E-state index in [2.05, 4.69) is 0 Å². The van der Waals surface area contributed by atoms with Crippen molar-refractivity contribution < 1.29 is 28.2 Å². The van der Waals surface area contributed by atoms with Crippen LogP contribution in [0.4, 0.5) is 0 Å². The highest BCUT2D eigenvalue weighted by molar-refractivity contribution is 7.54. The SMILES string of the molecule is CCOP(=O)(OCC)[C@H]1OC(C)(C)O[C@@H]1CO. The first kappa shape index (κ1) is 15.1. The van der Waals surface area contributed by atoms with Crippen molar-refractivity contribution in [3.8, 4) is 0 Å². The molecule has 1 aliphatic heterocycles. The molecule has 102 valence electrons. The van der Waals surface area contributed by atoms with Gasteiger partial charge in [0.05, 0.1) is 19.8 Å². The molecule has 2 atom stereocenters. The van der Waals surface area contributed by atoms with E-state index in [1.54, 1.807) is 27.7 Å². The number of aliphatic hydroxyl groups excluding tert-OH is 1. The summed E-state index contributed by atoms with van der Waals surface area (Å²) >= 11 is 0. The number of hydrogen-bond donors (Lipinski definition) is 1. The molecule has 1 aliphatic rings. The summed E-state index contributed by atoms with van der Waals surface area (Å²) in [5.41, 5.74) is 0. The van der Waals surface area contributed by atoms with Crippen molar-refractivity contribution in [3.05, 3.63) is 0 Å². The highest BCUT2D eigenvalue weighted by Gasteiger charge is 2.52. The van der Waals surface area contributed by atoms with Gasteiger partial charge in [-0.15, -0.1) is 0 Å². The number of ether oxygens (including phenoxy) is 2. The van der Waals surface area contributed by atoms with Crippen LogP contribution in [-0.2, 0) is 23.1 Å². The van der Waals surface area contributed by atoms with Crippen molar-refractivity contribution >= 4 is 7.60 Å². The molecule has 6 nitrogen and oxygen atoms in total. The van der Waals surface area contributed by atoms with Crippen LogP contribution in [0.2, 0.25) is 0 Å². The zero-order valence-corrected chi connectivity index (χ0v) is 11.6. The fourth-order valence-electron chi connectivity index (χ4n) is 1.76. The average Bonchev–Trinajstić information content (AvgIpc) is 2.55. The van der Waals surface area contributed by atoms with Crippen LogP contribution in [0.1, 0.15) is 27.7 Å². The van der Waals surface area contributed by atoms with Crippen LogP contribution in [0.25, 0.3) is 0 Å². The highest BCUT2D eigenvalue weighted by atomic mass is 31.2. The maximum absolute atomic E-state index is 12.5. The fourth-order valence-corrected chi connectivity index (χ4v) is 3.79. The van der Waals surface area contributed by atoms with E-state index in [4.69, 9.17) is 18.5 Å². The minimum Gasteiger partial charge on any atom is -0.394 e. The van der Waals surface area contributed by atoms with E-state index in [1.807, 2.05) is 0 Å². The molecule has 1 rings (SSSR count). The lowest BCUT2D eigenvalue weighted by Crippen LogP contribution is -2.28. The van der Waals surface area contributed by atoms with Gasteiger partial charge in [0, 0.05) is 0 Å². The molecule has 1 saturated heterocycles. The van der Waals surface area contributed by atoms with Crippen LogP contribution in [0, 0.1) is 0 Å². The average molecular weight is 268 g/mol. The maximum Gasteiger partial charge on any atom is 0.362 e. The molecule has 0 radical (unpaired) electrons. The lowest BCUT2D eigenvalue weighted by molar-refractivity contribution is -0.145. The van der Waals surface area contributed by atoms with Crippen LogP contribution >= 0.6 is 7.60 Å². The van der Waals surface area contributed by atoms with Gasteiger partial charge in [0.2, 0.25) is 0 Å². The van der Waals surface area contributed by atoms with Crippen LogP contribution in [0.15, 0.2) is 0 Å². The Morgan fingerprint density at radius 2 is 1.76 bits per heavy atom. The van der Waals surface area contributed by atoms with Gasteiger partial charge in [-0.05, 0) is 27.7 Å². The molecule has 0 aromatic carbocycles. The van der Waals surface area contributed by atoms with E-state index >= 15 is 0 Å². The zero-order valence-electron chi connectivity index (χ0n) is 10.7. The predicted octanol–water partition coefficient (Wildman–Crippen LogP) is 1.72. The van der Waals surface area contributed by atoms with Crippen LogP contribution in [-0.4, -0.2) is 42.7 Å². The molecule has 1 fully saturated rings. The molecule has 1 N–H and O–H groups in total. The molecule has 0 bridgehead atoms. The second-order valence-corrected chi connectivity index (χ2v) is 6.23. The summed E-state index contributed by atoms with van der Waals surface area (Å²) in [4.78, 5) is 0. The third kappa shape index (κ3) is 3.50. The van der Waals surface area contributed by atoms with Crippen molar-refractivity contribution in [2.75, 3.05) is 19.8 Å². The summed E-state index contributed by atoms with van der Waals surface area (Å²) in [6, 6.07) is 0. The minimum absolute atomic E-state index is 0.246. The van der Waals surface area contributed by atoms with Crippen molar-refractivity contribution in [1.29, 1.82) is 0 Å². The monoisotopic (exact) mass is 268 g/mol. The van der Waals surface area contributed by atoms with Gasteiger partial charge < -0.3 is 23.6 Å². The summed E-state index contributed by atoms with van der Waals surface area (Å²) < 4.78 is 33.9. The van der Waals surface area contributed by atoms with E-state index < -0.39 is 25.3 Å². The molecule has 17 heavy (non-hydrogen) atoms. The van der Waals surface area contributed by atoms with Gasteiger partial charge >= 0.3 is 7.60 Å². The van der Waals surface area contributed by atoms with Gasteiger partial charge in [-0.2, -0.15) is 0 Å². The van der Waals surface area contributed by atoms with Gasteiger partial charge in [-0.3, -0.25) is 4.57 Å². The molecular formula is C10H21O6P. The summed E-state index contributed by atoms with van der Waals surface area (Å²) in [6.45, 7) is 7.03. The highest BCUT2D eigenvalue weighted by Crippen LogP contribution is 2.58. The van der Waals surface area contributed by atoms with E-state index in [0.29, 0.717) is 0 Å². The Balaban J connectivity index is 2.90. The first-order valence-corrected chi connectivity index (χ1v) is 7.35. The third-order valence-electron chi connectivity index (χ3n) is 2.27. The van der Waals surface area contributed by atoms with E-state index in [-0.39, 0.29) is 19.8 Å². The van der Waals surface area contributed by atoms with Gasteiger partial charge in [-0.1, -0.05) is 0 Å². The Labute approximate surface area is 102 Å². The lowest BCUT2D eigenvalue weighted by Gasteiger charge is -2.24. The largest absolute Gasteiger partial charge is 0.394 e. The van der Waals surface area contributed by atoms with Crippen LogP contribution in [0.5, 0.6) is 0 Å². The van der Waals surface area contributed by atoms with Crippen molar-refractivity contribution in [2.24, 2.45) is 0 Å². The lowest BCUT2D eigenvalue weighted by atomic mass is 10.4. The maximum atomic E-state index is 12.5. The first-order valence-electron chi connectivity index (χ1n) is 5.73. The standard InChI is InChI=1S/C10H21O6P/c1-5-13-17(12,14-6-2)9-8(7-11)15-10(3,4)16-9/h8-9,11H,5-7H2,1-4H3/t8-,9-/m1/s1. The molecule has 7 heteroatoms. The van der Waals surface area contributed by atoms with Gasteiger partial charge in [0.15, 0.2) is 11.6 Å². The van der Waals surface area contributed by atoms with Crippen molar-refractivity contribution in [2.45, 2.75) is 45.4 Å². The number of hydrogen-bond acceptors (Lipinski definition) is 6. The summed E-state index contributed by atoms with van der Waals surface area (Å²) in [7, 11) is -3.43. The normalized spacial score (nSPS) is 28.5. The number of aliphatic hydroxyl groups is 1. The summed E-state index contributed by atoms with van der Waals surface area (Å²) in [5, 5.41) is 9.23. The van der Waals surface area contributed by atoms with Gasteiger partial charge in [0.25, 0.3) is 0 Å². The molecule has 0 aliphatic carbocycles. The second-order valence-electron chi connectivity index (χ2n) is 4.12. The Morgan fingerprint density at radius 3 is 2.18 bits per heavy atom. The molecule has 0 saturated carbocycles. The molecule has 0 amide bonds. The molecule has 0 aromatic heterocycles. The van der Waals surface area contributed by atoms with E-state index in [1.165, 1.54) is 0 Å². The Bertz CT molecular complexity index is 283. The van der Waals surface area contributed by atoms with Gasteiger partial charge in [0.1, 0.15) is 6.10 Å². The fraction of sp³-hybridized carbons (Fsp3) is 1.00. The summed E-state index contributed by atoms with van der Waals surface area (Å²) in [5.74, 6) is -1.79. The summed E-state index contributed by atoms with van der Waals surface area (Å²) in [6.07, 6.45) is -0.700. The van der Waals surface area contributed by atoms with E-state index in [9.17, 15) is 9.67 Å². The Kier molecular flexibility index (Phi) is 5.13. The number of rotatable bonds is 6. The van der Waals surface area contributed by atoms with Crippen LogP contribution < -0.4 is 0 Å².